The highest BCUT2D eigenvalue weighted by Gasteiger charge is 2.26. The summed E-state index contributed by atoms with van der Waals surface area (Å²) < 4.78 is 5.68. The number of nitrogens with zero attached hydrogens (tertiary/aromatic N) is 3. The van der Waals surface area contributed by atoms with Gasteiger partial charge in [-0.2, -0.15) is 11.8 Å². The van der Waals surface area contributed by atoms with Crippen LogP contribution in [-0.2, 0) is 11.3 Å². The van der Waals surface area contributed by atoms with Gasteiger partial charge in [0.1, 0.15) is 0 Å². The summed E-state index contributed by atoms with van der Waals surface area (Å²) in [7, 11) is 0. The van der Waals surface area contributed by atoms with Gasteiger partial charge in [-0.3, -0.25) is 9.69 Å². The van der Waals surface area contributed by atoms with Crippen LogP contribution in [0, 0.1) is 0 Å². The maximum atomic E-state index is 10.9. The van der Waals surface area contributed by atoms with Crippen LogP contribution in [-0.4, -0.2) is 50.3 Å². The molecule has 0 radical (unpaired) electrons. The van der Waals surface area contributed by atoms with E-state index in [1.165, 1.54) is 0 Å². The topological polar surface area (TPSA) is 79.5 Å². The zero-order chi connectivity index (χ0) is 14.7. The first-order valence-electron chi connectivity index (χ1n) is 6.62. The molecule has 0 aliphatic carbocycles. The standard InChI is InChI=1S/C13H15N3O3S2/c17-12(18)6-9-8-20-5-3-16(9)7-11-14-15-13(19-11)10-2-1-4-21-10/h1-2,4,9H,3,5-8H2,(H,17,18). The van der Waals surface area contributed by atoms with Gasteiger partial charge in [-0.1, -0.05) is 6.07 Å². The summed E-state index contributed by atoms with van der Waals surface area (Å²) in [5.41, 5.74) is 0. The fraction of sp³-hybridized carbons (Fsp3) is 0.462. The molecule has 0 saturated carbocycles. The maximum absolute atomic E-state index is 10.9. The number of carboxylic acid groups (broad SMARTS) is 1. The molecule has 0 bridgehead atoms. The zero-order valence-electron chi connectivity index (χ0n) is 11.3. The number of aromatic nitrogens is 2. The normalized spacial score (nSPS) is 19.7. The second-order valence-corrected chi connectivity index (χ2v) is 6.87. The molecular weight excluding hydrogens is 310 g/mol. The SMILES string of the molecule is O=C(O)CC1CSCCN1Cc1nnc(-c2cccs2)o1. The van der Waals surface area contributed by atoms with Gasteiger partial charge in [-0.05, 0) is 11.4 Å². The zero-order valence-corrected chi connectivity index (χ0v) is 12.9. The highest BCUT2D eigenvalue weighted by molar-refractivity contribution is 7.99. The van der Waals surface area contributed by atoms with Gasteiger partial charge in [0.05, 0.1) is 17.8 Å². The van der Waals surface area contributed by atoms with Crippen molar-refractivity contribution in [2.24, 2.45) is 0 Å². The first kappa shape index (κ1) is 14.6. The second kappa shape index (κ2) is 6.59. The second-order valence-electron chi connectivity index (χ2n) is 4.78. The molecule has 0 aromatic carbocycles. The summed E-state index contributed by atoms with van der Waals surface area (Å²) in [5, 5.41) is 19.1. The smallest absolute Gasteiger partial charge is 0.304 e. The van der Waals surface area contributed by atoms with Crippen LogP contribution in [0.4, 0.5) is 0 Å². The van der Waals surface area contributed by atoms with Crippen molar-refractivity contribution >= 4 is 29.1 Å². The lowest BCUT2D eigenvalue weighted by atomic mass is 10.2. The van der Waals surface area contributed by atoms with E-state index in [4.69, 9.17) is 9.52 Å². The van der Waals surface area contributed by atoms with Crippen molar-refractivity contribution in [1.29, 1.82) is 0 Å². The molecule has 6 nitrogen and oxygen atoms in total. The lowest BCUT2D eigenvalue weighted by Crippen LogP contribution is -2.43. The Morgan fingerprint density at radius 2 is 2.43 bits per heavy atom. The predicted molar refractivity (Wildman–Crippen MR) is 81.4 cm³/mol. The average Bonchev–Trinajstić information content (AvgIpc) is 3.11. The van der Waals surface area contributed by atoms with E-state index in [1.54, 1.807) is 23.1 Å². The van der Waals surface area contributed by atoms with Crippen LogP contribution in [0.3, 0.4) is 0 Å². The van der Waals surface area contributed by atoms with E-state index < -0.39 is 5.97 Å². The van der Waals surface area contributed by atoms with E-state index in [0.717, 1.165) is 22.9 Å². The molecule has 0 spiro atoms. The number of carboxylic acids is 1. The van der Waals surface area contributed by atoms with Crippen LogP contribution in [0.5, 0.6) is 0 Å². The molecule has 3 rings (SSSR count). The molecule has 0 amide bonds. The molecule has 1 fully saturated rings. The number of carbonyl (C=O) groups is 1. The quantitative estimate of drug-likeness (QED) is 0.902. The highest BCUT2D eigenvalue weighted by Crippen LogP contribution is 2.25. The third kappa shape index (κ3) is 3.63. The van der Waals surface area contributed by atoms with Crippen LogP contribution in [0.25, 0.3) is 10.8 Å². The van der Waals surface area contributed by atoms with Crippen molar-refractivity contribution in [3.8, 4) is 10.8 Å². The Labute approximate surface area is 130 Å². The first-order valence-corrected chi connectivity index (χ1v) is 8.65. The van der Waals surface area contributed by atoms with Gasteiger partial charge in [0.25, 0.3) is 5.89 Å². The summed E-state index contributed by atoms with van der Waals surface area (Å²) in [6, 6.07) is 3.90. The van der Waals surface area contributed by atoms with Crippen molar-refractivity contribution in [3.05, 3.63) is 23.4 Å². The Balaban J connectivity index is 1.68. The minimum Gasteiger partial charge on any atom is -0.481 e. The molecule has 1 N–H and O–H groups in total. The minimum atomic E-state index is -0.766. The summed E-state index contributed by atoms with van der Waals surface area (Å²) in [6.07, 6.45) is 0.152. The summed E-state index contributed by atoms with van der Waals surface area (Å²) in [5.74, 6) is 2.14. The van der Waals surface area contributed by atoms with Gasteiger partial charge < -0.3 is 9.52 Å². The number of thioether (sulfide) groups is 1. The summed E-state index contributed by atoms with van der Waals surface area (Å²) in [6.45, 7) is 1.36. The largest absolute Gasteiger partial charge is 0.481 e. The first-order chi connectivity index (χ1) is 10.2. The number of thiophene rings is 1. The fourth-order valence-electron chi connectivity index (χ4n) is 2.28. The van der Waals surface area contributed by atoms with E-state index >= 15 is 0 Å². The third-order valence-electron chi connectivity index (χ3n) is 3.30. The Morgan fingerprint density at radius 1 is 1.52 bits per heavy atom. The van der Waals surface area contributed by atoms with Crippen LogP contribution in [0.1, 0.15) is 12.3 Å². The van der Waals surface area contributed by atoms with Crippen molar-refractivity contribution < 1.29 is 14.3 Å². The van der Waals surface area contributed by atoms with E-state index in [1.807, 2.05) is 17.5 Å². The van der Waals surface area contributed by atoms with Crippen molar-refractivity contribution in [3.63, 3.8) is 0 Å². The van der Waals surface area contributed by atoms with Gasteiger partial charge in [0.2, 0.25) is 5.89 Å². The molecule has 21 heavy (non-hydrogen) atoms. The molecule has 112 valence electrons. The van der Waals surface area contributed by atoms with Gasteiger partial charge in [0.15, 0.2) is 0 Å². The van der Waals surface area contributed by atoms with Gasteiger partial charge >= 0.3 is 5.97 Å². The monoisotopic (exact) mass is 325 g/mol. The lowest BCUT2D eigenvalue weighted by molar-refractivity contribution is -0.138. The Morgan fingerprint density at radius 3 is 3.19 bits per heavy atom. The summed E-state index contributed by atoms with van der Waals surface area (Å²) >= 11 is 3.35. The van der Waals surface area contributed by atoms with Crippen molar-refractivity contribution in [2.75, 3.05) is 18.1 Å². The van der Waals surface area contributed by atoms with E-state index in [0.29, 0.717) is 18.3 Å². The molecule has 1 saturated heterocycles. The van der Waals surface area contributed by atoms with Crippen LogP contribution in [0.2, 0.25) is 0 Å². The molecule has 2 aromatic heterocycles. The lowest BCUT2D eigenvalue weighted by Gasteiger charge is -2.33. The third-order valence-corrected chi connectivity index (χ3v) is 5.25. The van der Waals surface area contributed by atoms with Gasteiger partial charge in [0, 0.05) is 24.1 Å². The van der Waals surface area contributed by atoms with Crippen molar-refractivity contribution in [2.45, 2.75) is 19.0 Å². The average molecular weight is 325 g/mol. The van der Waals surface area contributed by atoms with E-state index in [-0.39, 0.29) is 12.5 Å². The fourth-order valence-corrected chi connectivity index (χ4v) is 4.05. The van der Waals surface area contributed by atoms with Crippen LogP contribution >= 0.6 is 23.1 Å². The van der Waals surface area contributed by atoms with Gasteiger partial charge in [-0.25, -0.2) is 0 Å². The number of hydrogen-bond acceptors (Lipinski definition) is 7. The number of hydrogen-bond donors (Lipinski definition) is 1. The van der Waals surface area contributed by atoms with Gasteiger partial charge in [-0.15, -0.1) is 21.5 Å². The molecule has 1 aliphatic heterocycles. The van der Waals surface area contributed by atoms with Crippen LogP contribution < -0.4 is 0 Å². The highest BCUT2D eigenvalue weighted by atomic mass is 32.2. The van der Waals surface area contributed by atoms with E-state index in [9.17, 15) is 4.79 Å². The molecule has 1 atom stereocenters. The predicted octanol–water partition coefficient (Wildman–Crippen LogP) is 2.19. The summed E-state index contributed by atoms with van der Waals surface area (Å²) in [4.78, 5) is 14.0. The van der Waals surface area contributed by atoms with E-state index in [2.05, 4.69) is 15.1 Å². The molecule has 2 aromatic rings. The Bertz CT molecular complexity index is 600. The number of rotatable bonds is 5. The molecule has 1 unspecified atom stereocenters. The molecular formula is C13H15N3O3S2. The molecule has 1 aliphatic rings. The Kier molecular flexibility index (Phi) is 4.57. The Hall–Kier alpha value is -1.38. The van der Waals surface area contributed by atoms with Crippen molar-refractivity contribution in [1.82, 2.24) is 15.1 Å². The maximum Gasteiger partial charge on any atom is 0.304 e. The molecule has 3 heterocycles. The molecule has 8 heteroatoms. The number of aliphatic carboxylic acids is 1. The van der Waals surface area contributed by atoms with Crippen LogP contribution in [0.15, 0.2) is 21.9 Å². The minimum absolute atomic E-state index is 0.0262.